The van der Waals surface area contributed by atoms with Gasteiger partial charge in [-0.15, -0.1) is 0 Å². The van der Waals surface area contributed by atoms with E-state index in [1.54, 1.807) is 12.3 Å². The molecule has 2 heterocycles. The van der Waals surface area contributed by atoms with Crippen molar-refractivity contribution in [1.29, 1.82) is 0 Å². The number of hydrogen-bond acceptors (Lipinski definition) is 5. The second kappa shape index (κ2) is 5.38. The summed E-state index contributed by atoms with van der Waals surface area (Å²) in [5, 5.41) is 3.06. The lowest BCUT2D eigenvalue weighted by molar-refractivity contribution is 0.0730. The van der Waals surface area contributed by atoms with Gasteiger partial charge < -0.3 is 15.5 Å². The fourth-order valence-electron chi connectivity index (χ4n) is 2.76. The Balaban J connectivity index is 1.72. The van der Waals surface area contributed by atoms with Gasteiger partial charge in [-0.1, -0.05) is 0 Å². The molecule has 6 nitrogen and oxygen atoms in total. The van der Waals surface area contributed by atoms with Crippen LogP contribution in [0, 0.1) is 12.8 Å². The van der Waals surface area contributed by atoms with E-state index < -0.39 is 0 Å². The number of anilines is 1. The average Bonchev–Trinajstić information content (AvgIpc) is 3.19. The van der Waals surface area contributed by atoms with E-state index in [4.69, 9.17) is 10.6 Å². The van der Waals surface area contributed by atoms with Crippen LogP contribution >= 0.6 is 0 Å². The molecule has 20 heavy (non-hydrogen) atoms. The van der Waals surface area contributed by atoms with E-state index in [0.29, 0.717) is 17.2 Å². The van der Waals surface area contributed by atoms with Crippen molar-refractivity contribution in [2.45, 2.75) is 38.3 Å². The zero-order chi connectivity index (χ0) is 14.1. The molecule has 0 radical (unpaired) electrons. The lowest BCUT2D eigenvalue weighted by atomic mass is 10.1. The fourth-order valence-corrected chi connectivity index (χ4v) is 2.76. The molecule has 1 aromatic rings. The first-order valence-electron chi connectivity index (χ1n) is 7.05. The molecule has 1 aromatic heterocycles. The first kappa shape index (κ1) is 13.3. The SMILES string of the molecule is Cc1cc(NN)c(C(=O)NC2CCOC2C2CC2)cn1. The summed E-state index contributed by atoms with van der Waals surface area (Å²) >= 11 is 0. The van der Waals surface area contributed by atoms with Crippen LogP contribution in [0.4, 0.5) is 5.69 Å². The summed E-state index contributed by atoms with van der Waals surface area (Å²) < 4.78 is 5.73. The monoisotopic (exact) mass is 276 g/mol. The van der Waals surface area contributed by atoms with E-state index in [-0.39, 0.29) is 18.1 Å². The second-order valence-corrected chi connectivity index (χ2v) is 5.56. The highest BCUT2D eigenvalue weighted by Gasteiger charge is 2.41. The molecule has 0 bridgehead atoms. The third-order valence-electron chi connectivity index (χ3n) is 3.98. The van der Waals surface area contributed by atoms with Crippen molar-refractivity contribution in [3.05, 3.63) is 23.5 Å². The Kier molecular flexibility index (Phi) is 3.58. The minimum absolute atomic E-state index is 0.0990. The molecule has 3 rings (SSSR count). The summed E-state index contributed by atoms with van der Waals surface area (Å²) in [7, 11) is 0. The molecule has 108 valence electrons. The van der Waals surface area contributed by atoms with Crippen LogP contribution in [-0.2, 0) is 4.74 Å². The first-order chi connectivity index (χ1) is 9.69. The number of aryl methyl sites for hydroxylation is 1. The third kappa shape index (κ3) is 2.62. The molecule has 6 heteroatoms. The van der Waals surface area contributed by atoms with Gasteiger partial charge in [0, 0.05) is 18.5 Å². The number of nitrogens with zero attached hydrogens (tertiary/aromatic N) is 1. The zero-order valence-corrected chi connectivity index (χ0v) is 11.6. The van der Waals surface area contributed by atoms with Gasteiger partial charge in [0.15, 0.2) is 0 Å². The first-order valence-corrected chi connectivity index (χ1v) is 7.05. The zero-order valence-electron chi connectivity index (χ0n) is 11.6. The molecule has 2 aliphatic rings. The van der Waals surface area contributed by atoms with Crippen molar-refractivity contribution in [2.24, 2.45) is 11.8 Å². The summed E-state index contributed by atoms with van der Waals surface area (Å²) in [5.41, 5.74) is 4.44. The number of nitrogens with two attached hydrogens (primary N) is 1. The van der Waals surface area contributed by atoms with Gasteiger partial charge in [-0.2, -0.15) is 0 Å². The molecule has 1 saturated carbocycles. The van der Waals surface area contributed by atoms with E-state index in [9.17, 15) is 4.79 Å². The second-order valence-electron chi connectivity index (χ2n) is 5.56. The Labute approximate surface area is 118 Å². The number of nitrogens with one attached hydrogen (secondary N) is 2. The Morgan fingerprint density at radius 3 is 2.95 bits per heavy atom. The Morgan fingerprint density at radius 1 is 1.45 bits per heavy atom. The molecule has 0 spiro atoms. The van der Waals surface area contributed by atoms with Crippen LogP contribution in [0.5, 0.6) is 0 Å². The number of ether oxygens (including phenoxy) is 1. The molecule has 1 aliphatic heterocycles. The van der Waals surface area contributed by atoms with Crippen molar-refractivity contribution in [1.82, 2.24) is 10.3 Å². The number of nitrogen functional groups attached to an aromatic ring is 1. The van der Waals surface area contributed by atoms with Crippen LogP contribution in [0.15, 0.2) is 12.3 Å². The van der Waals surface area contributed by atoms with E-state index in [2.05, 4.69) is 15.7 Å². The number of rotatable bonds is 4. The van der Waals surface area contributed by atoms with Crippen molar-refractivity contribution in [2.75, 3.05) is 12.0 Å². The maximum absolute atomic E-state index is 12.4. The maximum Gasteiger partial charge on any atom is 0.255 e. The van der Waals surface area contributed by atoms with Crippen molar-refractivity contribution in [3.63, 3.8) is 0 Å². The predicted octanol–water partition coefficient (Wildman–Crippen LogP) is 0.973. The van der Waals surface area contributed by atoms with Gasteiger partial charge in [0.05, 0.1) is 23.4 Å². The Hall–Kier alpha value is -1.66. The molecule has 2 atom stereocenters. The van der Waals surface area contributed by atoms with Gasteiger partial charge in [0.1, 0.15) is 0 Å². The molecule has 0 aromatic carbocycles. The van der Waals surface area contributed by atoms with E-state index in [0.717, 1.165) is 18.7 Å². The maximum atomic E-state index is 12.4. The van der Waals surface area contributed by atoms with Crippen LogP contribution in [0.3, 0.4) is 0 Å². The number of carbonyl (C=O) groups is 1. The topological polar surface area (TPSA) is 89.3 Å². The van der Waals surface area contributed by atoms with E-state index >= 15 is 0 Å². The lowest BCUT2D eigenvalue weighted by Gasteiger charge is -2.20. The summed E-state index contributed by atoms with van der Waals surface area (Å²) in [5.74, 6) is 5.94. The standard InChI is InChI=1S/C14H20N4O2/c1-8-6-12(18-15)10(7-16-8)14(19)17-11-4-5-20-13(11)9-2-3-9/h6-7,9,11,13H,2-5,15H2,1H3,(H,16,18)(H,17,19). The van der Waals surface area contributed by atoms with Gasteiger partial charge in [0.25, 0.3) is 5.91 Å². The number of hydrazine groups is 1. The minimum atomic E-state index is -0.147. The van der Waals surface area contributed by atoms with Crippen molar-refractivity contribution < 1.29 is 9.53 Å². The Morgan fingerprint density at radius 2 is 2.25 bits per heavy atom. The van der Waals surface area contributed by atoms with Gasteiger partial charge in [-0.25, -0.2) is 0 Å². The minimum Gasteiger partial charge on any atom is -0.376 e. The van der Waals surface area contributed by atoms with Crippen molar-refractivity contribution >= 4 is 11.6 Å². The molecule has 4 N–H and O–H groups in total. The molecule has 2 fully saturated rings. The summed E-state index contributed by atoms with van der Waals surface area (Å²) in [4.78, 5) is 16.5. The third-order valence-corrected chi connectivity index (χ3v) is 3.98. The highest BCUT2D eigenvalue weighted by Crippen LogP contribution is 2.38. The highest BCUT2D eigenvalue weighted by molar-refractivity contribution is 5.99. The molecule has 1 saturated heterocycles. The van der Waals surface area contributed by atoms with Gasteiger partial charge in [-0.05, 0) is 38.2 Å². The Bertz CT molecular complexity index is 516. The normalized spacial score (nSPS) is 25.5. The summed E-state index contributed by atoms with van der Waals surface area (Å²) in [6, 6.07) is 1.86. The van der Waals surface area contributed by atoms with Crippen LogP contribution in [0.2, 0.25) is 0 Å². The molecular weight excluding hydrogens is 256 g/mol. The van der Waals surface area contributed by atoms with E-state index in [1.165, 1.54) is 12.8 Å². The van der Waals surface area contributed by atoms with Gasteiger partial charge in [-0.3, -0.25) is 15.6 Å². The fraction of sp³-hybridized carbons (Fsp3) is 0.571. The molecule has 1 aliphatic carbocycles. The number of carbonyl (C=O) groups excluding carboxylic acids is 1. The molecular formula is C14H20N4O2. The number of amides is 1. The number of pyridine rings is 1. The predicted molar refractivity (Wildman–Crippen MR) is 75.1 cm³/mol. The van der Waals surface area contributed by atoms with Crippen LogP contribution in [0.25, 0.3) is 0 Å². The smallest absolute Gasteiger partial charge is 0.255 e. The van der Waals surface area contributed by atoms with Gasteiger partial charge in [0.2, 0.25) is 0 Å². The summed E-state index contributed by atoms with van der Waals surface area (Å²) in [6.07, 6.45) is 5.02. The van der Waals surface area contributed by atoms with Gasteiger partial charge >= 0.3 is 0 Å². The number of aromatic nitrogens is 1. The largest absolute Gasteiger partial charge is 0.376 e. The van der Waals surface area contributed by atoms with E-state index in [1.807, 2.05) is 6.92 Å². The average molecular weight is 276 g/mol. The van der Waals surface area contributed by atoms with Crippen LogP contribution < -0.4 is 16.6 Å². The highest BCUT2D eigenvalue weighted by atomic mass is 16.5. The lowest BCUT2D eigenvalue weighted by Crippen LogP contribution is -2.41. The molecule has 2 unspecified atom stereocenters. The van der Waals surface area contributed by atoms with Crippen molar-refractivity contribution in [3.8, 4) is 0 Å². The van der Waals surface area contributed by atoms with Crippen LogP contribution in [-0.4, -0.2) is 29.6 Å². The van der Waals surface area contributed by atoms with Crippen LogP contribution in [0.1, 0.15) is 35.3 Å². The quantitative estimate of drug-likeness (QED) is 0.563. The molecule has 1 amide bonds. The summed E-state index contributed by atoms with van der Waals surface area (Å²) in [6.45, 7) is 2.58. The number of hydrogen-bond donors (Lipinski definition) is 3.